The number of para-hydroxylation sites is 1. The summed E-state index contributed by atoms with van der Waals surface area (Å²) in [6, 6.07) is 11.7. The van der Waals surface area contributed by atoms with E-state index in [0.717, 1.165) is 29.1 Å². The van der Waals surface area contributed by atoms with Gasteiger partial charge in [-0.2, -0.15) is 4.31 Å². The Morgan fingerprint density at radius 1 is 1.15 bits per heavy atom. The second-order valence-electron chi connectivity index (χ2n) is 6.05. The highest BCUT2D eigenvalue weighted by atomic mass is 32.2. The highest BCUT2D eigenvalue weighted by molar-refractivity contribution is 8.01. The van der Waals surface area contributed by atoms with Crippen LogP contribution < -0.4 is 0 Å². The lowest BCUT2D eigenvalue weighted by Crippen LogP contribution is -2.28. The molecule has 0 N–H and O–H groups in total. The number of nitro benzene ring substituents is 1. The van der Waals surface area contributed by atoms with Crippen LogP contribution in [-0.2, 0) is 10.0 Å². The van der Waals surface area contributed by atoms with Crippen molar-refractivity contribution < 1.29 is 13.3 Å². The molecule has 0 bridgehead atoms. The first kappa shape index (κ1) is 18.4. The monoisotopic (exact) mass is 421 g/mol. The van der Waals surface area contributed by atoms with Crippen LogP contribution in [0.15, 0.2) is 56.6 Å². The van der Waals surface area contributed by atoms with Crippen molar-refractivity contribution in [3.8, 4) is 0 Å². The zero-order chi connectivity index (χ0) is 19.0. The minimum absolute atomic E-state index is 0.0251. The van der Waals surface area contributed by atoms with E-state index < -0.39 is 14.9 Å². The van der Waals surface area contributed by atoms with Crippen LogP contribution in [0, 0.1) is 10.1 Å². The maximum atomic E-state index is 13.1. The van der Waals surface area contributed by atoms with Gasteiger partial charge in [0.05, 0.1) is 15.1 Å². The highest BCUT2D eigenvalue weighted by Crippen LogP contribution is 2.39. The van der Waals surface area contributed by atoms with Crippen LogP contribution in [0.1, 0.15) is 12.8 Å². The number of aromatic nitrogens is 1. The van der Waals surface area contributed by atoms with Gasteiger partial charge >= 0.3 is 0 Å². The van der Waals surface area contributed by atoms with Gasteiger partial charge in [-0.15, -0.1) is 11.3 Å². The third-order valence-corrected chi connectivity index (χ3v) is 8.53. The van der Waals surface area contributed by atoms with Crippen molar-refractivity contribution in [3.05, 3.63) is 52.6 Å². The van der Waals surface area contributed by atoms with Gasteiger partial charge in [0.25, 0.3) is 5.69 Å². The Labute approximate surface area is 164 Å². The first-order valence-corrected chi connectivity index (χ1v) is 11.3. The molecule has 0 aliphatic carbocycles. The molecule has 0 radical (unpaired) electrons. The largest absolute Gasteiger partial charge is 0.270 e. The van der Waals surface area contributed by atoms with Gasteiger partial charge in [0.1, 0.15) is 4.90 Å². The van der Waals surface area contributed by atoms with E-state index in [1.54, 1.807) is 0 Å². The average molecular weight is 422 g/mol. The highest BCUT2D eigenvalue weighted by Gasteiger charge is 2.31. The summed E-state index contributed by atoms with van der Waals surface area (Å²) in [5, 5.41) is 11.2. The number of benzene rings is 2. The summed E-state index contributed by atoms with van der Waals surface area (Å²) >= 11 is 2.69. The van der Waals surface area contributed by atoms with Gasteiger partial charge in [0.2, 0.25) is 10.0 Å². The molecule has 7 nitrogen and oxygen atoms in total. The molecule has 1 fully saturated rings. The zero-order valence-corrected chi connectivity index (χ0v) is 16.5. The number of nitrogens with zero attached hydrogens (tertiary/aromatic N) is 3. The molecule has 0 unspecified atom stereocenters. The van der Waals surface area contributed by atoms with Crippen LogP contribution in [0.5, 0.6) is 0 Å². The molecule has 2 heterocycles. The van der Waals surface area contributed by atoms with Crippen molar-refractivity contribution in [1.29, 1.82) is 0 Å². The molecule has 140 valence electrons. The Hall–Kier alpha value is -2.01. The molecular formula is C17H15N3O4S3. The molecule has 10 heteroatoms. The molecule has 1 aliphatic rings. The average Bonchev–Trinajstić information content (AvgIpc) is 3.31. The van der Waals surface area contributed by atoms with Gasteiger partial charge in [-0.1, -0.05) is 23.9 Å². The van der Waals surface area contributed by atoms with Gasteiger partial charge in [0, 0.05) is 30.1 Å². The maximum absolute atomic E-state index is 13.1. The van der Waals surface area contributed by atoms with Crippen molar-refractivity contribution in [3.63, 3.8) is 0 Å². The Morgan fingerprint density at radius 3 is 2.59 bits per heavy atom. The second-order valence-corrected chi connectivity index (χ2v) is 10.3. The van der Waals surface area contributed by atoms with Crippen LogP contribution >= 0.6 is 23.1 Å². The van der Waals surface area contributed by atoms with Gasteiger partial charge < -0.3 is 0 Å². The molecule has 27 heavy (non-hydrogen) atoms. The normalized spacial score (nSPS) is 15.4. The van der Waals surface area contributed by atoms with E-state index in [1.807, 2.05) is 24.3 Å². The van der Waals surface area contributed by atoms with E-state index in [-0.39, 0.29) is 10.6 Å². The number of hydrogen-bond acceptors (Lipinski definition) is 7. The van der Waals surface area contributed by atoms with Crippen LogP contribution in [0.4, 0.5) is 5.69 Å². The number of nitro groups is 1. The summed E-state index contributed by atoms with van der Waals surface area (Å²) < 4.78 is 29.2. The second kappa shape index (κ2) is 7.19. The fraction of sp³-hybridized carbons (Fsp3) is 0.235. The first-order chi connectivity index (χ1) is 12.9. The quantitative estimate of drug-likeness (QED) is 0.454. The van der Waals surface area contributed by atoms with Crippen LogP contribution in [-0.4, -0.2) is 35.7 Å². The Morgan fingerprint density at radius 2 is 1.89 bits per heavy atom. The first-order valence-electron chi connectivity index (χ1n) is 8.27. The van der Waals surface area contributed by atoms with Gasteiger partial charge in [0.15, 0.2) is 4.34 Å². The van der Waals surface area contributed by atoms with E-state index in [0.29, 0.717) is 22.3 Å². The lowest BCUT2D eigenvalue weighted by Gasteiger charge is -2.17. The van der Waals surface area contributed by atoms with E-state index >= 15 is 0 Å². The summed E-state index contributed by atoms with van der Waals surface area (Å²) in [6.45, 7) is 0.881. The molecule has 1 aromatic heterocycles. The van der Waals surface area contributed by atoms with Gasteiger partial charge in [-0.25, -0.2) is 13.4 Å². The molecule has 4 rings (SSSR count). The Bertz CT molecular complexity index is 1090. The van der Waals surface area contributed by atoms with E-state index in [4.69, 9.17) is 0 Å². The van der Waals surface area contributed by atoms with E-state index in [2.05, 4.69) is 4.98 Å². The summed E-state index contributed by atoms with van der Waals surface area (Å²) in [5.41, 5.74) is 0.609. The van der Waals surface area contributed by atoms with Crippen molar-refractivity contribution >= 4 is 49.0 Å². The van der Waals surface area contributed by atoms with Gasteiger partial charge in [-0.3, -0.25) is 10.1 Å². The van der Waals surface area contributed by atoms with Crippen LogP contribution in [0.2, 0.25) is 0 Å². The van der Waals surface area contributed by atoms with Crippen molar-refractivity contribution in [2.24, 2.45) is 0 Å². The van der Waals surface area contributed by atoms with Crippen LogP contribution in [0.3, 0.4) is 0 Å². The van der Waals surface area contributed by atoms with Crippen molar-refractivity contribution in [1.82, 2.24) is 9.29 Å². The SMILES string of the molecule is O=[N+]([O-])c1ccc(Sc2nc3ccccc3s2)c(S(=O)(=O)N2CCCC2)c1. The summed E-state index contributed by atoms with van der Waals surface area (Å²) in [6.07, 6.45) is 1.60. The lowest BCUT2D eigenvalue weighted by molar-refractivity contribution is -0.385. The molecule has 0 saturated carbocycles. The summed E-state index contributed by atoms with van der Waals surface area (Å²) in [7, 11) is -3.79. The predicted molar refractivity (Wildman–Crippen MR) is 105 cm³/mol. The number of sulfonamides is 1. The van der Waals surface area contributed by atoms with Crippen molar-refractivity contribution in [2.75, 3.05) is 13.1 Å². The number of hydrogen-bond donors (Lipinski definition) is 0. The topological polar surface area (TPSA) is 93.4 Å². The molecule has 2 aromatic carbocycles. The summed E-state index contributed by atoms with van der Waals surface area (Å²) in [4.78, 5) is 15.5. The zero-order valence-electron chi connectivity index (χ0n) is 14.1. The molecule has 1 saturated heterocycles. The molecule has 1 aliphatic heterocycles. The summed E-state index contributed by atoms with van der Waals surface area (Å²) in [5.74, 6) is 0. The van der Waals surface area contributed by atoms with Gasteiger partial charge in [-0.05, 0) is 31.0 Å². The minimum Gasteiger partial charge on any atom is -0.258 e. The fourth-order valence-electron chi connectivity index (χ4n) is 2.95. The third kappa shape index (κ3) is 3.57. The third-order valence-electron chi connectivity index (χ3n) is 4.29. The predicted octanol–water partition coefficient (Wildman–Crippen LogP) is 4.14. The van der Waals surface area contributed by atoms with Crippen molar-refractivity contribution in [2.45, 2.75) is 27.0 Å². The number of rotatable bonds is 5. The Kier molecular flexibility index (Phi) is 4.89. The standard InChI is InChI=1S/C17H15N3O4S3/c21-20(22)12-7-8-15(16(11-12)27(23,24)19-9-3-4-10-19)26-17-18-13-5-1-2-6-14(13)25-17/h1-2,5-8,11H,3-4,9-10H2. The smallest absolute Gasteiger partial charge is 0.258 e. The number of non-ortho nitro benzene ring substituents is 1. The maximum Gasteiger partial charge on any atom is 0.270 e. The Balaban J connectivity index is 1.78. The number of fused-ring (bicyclic) bond motifs is 1. The fourth-order valence-corrected chi connectivity index (χ4v) is 7.03. The molecular weight excluding hydrogens is 406 g/mol. The lowest BCUT2D eigenvalue weighted by atomic mass is 10.3. The van der Waals surface area contributed by atoms with E-state index in [9.17, 15) is 18.5 Å². The van der Waals surface area contributed by atoms with E-state index in [1.165, 1.54) is 39.5 Å². The molecule has 3 aromatic rings. The molecule has 0 spiro atoms. The molecule has 0 atom stereocenters. The van der Waals surface area contributed by atoms with Crippen LogP contribution in [0.25, 0.3) is 10.2 Å². The number of thiazole rings is 1. The minimum atomic E-state index is -3.79. The molecule has 0 amide bonds.